The second kappa shape index (κ2) is 4.53. The third kappa shape index (κ3) is 3.55. The molecule has 1 aromatic carbocycles. The lowest BCUT2D eigenvalue weighted by Gasteiger charge is -2.19. The monoisotopic (exact) mass is 237 g/mol. The lowest BCUT2D eigenvalue weighted by atomic mass is 10.1. The van der Waals surface area contributed by atoms with Crippen LogP contribution in [0.15, 0.2) is 18.2 Å². The van der Waals surface area contributed by atoms with E-state index in [-0.39, 0.29) is 11.3 Å². The SMILES string of the molecule is Cc1ccc([N+](=O)[O-])c(C(=O)OC(C)(C)C)c1. The fourth-order valence-corrected chi connectivity index (χ4v) is 1.31. The third-order valence-electron chi connectivity index (χ3n) is 1.97. The van der Waals surface area contributed by atoms with Crippen molar-refractivity contribution < 1.29 is 14.5 Å². The van der Waals surface area contributed by atoms with E-state index in [0.717, 1.165) is 5.56 Å². The Morgan fingerprint density at radius 1 is 1.35 bits per heavy atom. The largest absolute Gasteiger partial charge is 0.456 e. The van der Waals surface area contributed by atoms with Crippen LogP contribution in [0.5, 0.6) is 0 Å². The number of carbonyl (C=O) groups excluding carboxylic acids is 1. The molecule has 0 N–H and O–H groups in total. The van der Waals surface area contributed by atoms with Gasteiger partial charge in [0.25, 0.3) is 5.69 Å². The molecule has 0 saturated heterocycles. The number of carbonyl (C=O) groups is 1. The average molecular weight is 237 g/mol. The molecule has 0 bridgehead atoms. The quantitative estimate of drug-likeness (QED) is 0.450. The van der Waals surface area contributed by atoms with Crippen molar-refractivity contribution in [2.24, 2.45) is 0 Å². The first kappa shape index (κ1) is 13.2. The molecule has 0 unspecified atom stereocenters. The summed E-state index contributed by atoms with van der Waals surface area (Å²) >= 11 is 0. The van der Waals surface area contributed by atoms with Gasteiger partial charge in [-0.3, -0.25) is 10.1 Å². The average Bonchev–Trinajstić information content (AvgIpc) is 2.14. The van der Waals surface area contributed by atoms with Crippen molar-refractivity contribution in [3.8, 4) is 0 Å². The summed E-state index contributed by atoms with van der Waals surface area (Å²) in [4.78, 5) is 22.0. The van der Waals surface area contributed by atoms with Gasteiger partial charge in [0, 0.05) is 6.07 Å². The van der Waals surface area contributed by atoms with E-state index >= 15 is 0 Å². The van der Waals surface area contributed by atoms with Crippen LogP contribution >= 0.6 is 0 Å². The van der Waals surface area contributed by atoms with E-state index in [1.165, 1.54) is 12.1 Å². The van der Waals surface area contributed by atoms with Crippen LogP contribution in [0.2, 0.25) is 0 Å². The molecule has 0 aromatic heterocycles. The fourth-order valence-electron chi connectivity index (χ4n) is 1.31. The highest BCUT2D eigenvalue weighted by Crippen LogP contribution is 2.22. The van der Waals surface area contributed by atoms with Crippen LogP contribution in [-0.4, -0.2) is 16.5 Å². The van der Waals surface area contributed by atoms with E-state index in [1.54, 1.807) is 33.8 Å². The first-order valence-electron chi connectivity index (χ1n) is 5.19. The Morgan fingerprint density at radius 3 is 2.41 bits per heavy atom. The van der Waals surface area contributed by atoms with Gasteiger partial charge in [-0.1, -0.05) is 6.07 Å². The van der Waals surface area contributed by atoms with E-state index in [2.05, 4.69) is 0 Å². The topological polar surface area (TPSA) is 69.4 Å². The summed E-state index contributed by atoms with van der Waals surface area (Å²) in [5, 5.41) is 10.8. The van der Waals surface area contributed by atoms with E-state index < -0.39 is 16.5 Å². The maximum Gasteiger partial charge on any atom is 0.345 e. The molecular formula is C12H15NO4. The maximum atomic E-state index is 11.8. The molecule has 0 heterocycles. The fraction of sp³-hybridized carbons (Fsp3) is 0.417. The number of nitro benzene ring substituents is 1. The van der Waals surface area contributed by atoms with Gasteiger partial charge in [0.1, 0.15) is 11.2 Å². The molecule has 0 aliphatic carbocycles. The maximum absolute atomic E-state index is 11.8. The first-order chi connectivity index (χ1) is 7.70. The minimum Gasteiger partial charge on any atom is -0.456 e. The van der Waals surface area contributed by atoms with Gasteiger partial charge in [-0.05, 0) is 39.3 Å². The molecule has 0 fully saturated rings. The number of hydrogen-bond acceptors (Lipinski definition) is 4. The van der Waals surface area contributed by atoms with E-state index in [4.69, 9.17) is 4.74 Å². The van der Waals surface area contributed by atoms with Crippen LogP contribution in [0, 0.1) is 17.0 Å². The molecule has 17 heavy (non-hydrogen) atoms. The van der Waals surface area contributed by atoms with Crippen molar-refractivity contribution in [3.05, 3.63) is 39.4 Å². The van der Waals surface area contributed by atoms with Gasteiger partial charge in [-0.2, -0.15) is 0 Å². The summed E-state index contributed by atoms with van der Waals surface area (Å²) in [6.07, 6.45) is 0. The van der Waals surface area contributed by atoms with Gasteiger partial charge in [0.2, 0.25) is 0 Å². The predicted molar refractivity (Wildman–Crippen MR) is 63.0 cm³/mol. The molecule has 0 saturated carbocycles. The molecule has 1 aromatic rings. The number of aryl methyl sites for hydroxylation is 1. The minimum atomic E-state index is -0.673. The Bertz CT molecular complexity index is 460. The van der Waals surface area contributed by atoms with Crippen LogP contribution in [0.1, 0.15) is 36.7 Å². The Hall–Kier alpha value is -1.91. The van der Waals surface area contributed by atoms with E-state index in [1.807, 2.05) is 0 Å². The summed E-state index contributed by atoms with van der Waals surface area (Å²) < 4.78 is 5.13. The highest BCUT2D eigenvalue weighted by atomic mass is 16.6. The van der Waals surface area contributed by atoms with Gasteiger partial charge in [0.15, 0.2) is 0 Å². The summed E-state index contributed by atoms with van der Waals surface area (Å²) in [6.45, 7) is 6.91. The molecule has 92 valence electrons. The van der Waals surface area contributed by atoms with Crippen molar-refractivity contribution in [2.45, 2.75) is 33.3 Å². The van der Waals surface area contributed by atoms with Crippen molar-refractivity contribution in [1.82, 2.24) is 0 Å². The van der Waals surface area contributed by atoms with Crippen molar-refractivity contribution in [1.29, 1.82) is 0 Å². The first-order valence-corrected chi connectivity index (χ1v) is 5.19. The molecule has 0 aliphatic rings. The number of ether oxygens (including phenoxy) is 1. The van der Waals surface area contributed by atoms with Gasteiger partial charge in [-0.25, -0.2) is 4.79 Å². The summed E-state index contributed by atoms with van der Waals surface area (Å²) in [5.41, 5.74) is -0.138. The van der Waals surface area contributed by atoms with Crippen molar-refractivity contribution in [2.75, 3.05) is 0 Å². The highest BCUT2D eigenvalue weighted by molar-refractivity contribution is 5.94. The number of nitro groups is 1. The number of rotatable bonds is 2. The zero-order chi connectivity index (χ0) is 13.2. The highest BCUT2D eigenvalue weighted by Gasteiger charge is 2.25. The van der Waals surface area contributed by atoms with Crippen molar-refractivity contribution >= 4 is 11.7 Å². The number of nitrogens with zero attached hydrogens (tertiary/aromatic N) is 1. The number of hydrogen-bond donors (Lipinski definition) is 0. The smallest absolute Gasteiger partial charge is 0.345 e. The molecular weight excluding hydrogens is 222 g/mol. The Morgan fingerprint density at radius 2 is 1.94 bits per heavy atom. The standard InChI is InChI=1S/C12H15NO4/c1-8-5-6-10(13(15)16)9(7-8)11(14)17-12(2,3)4/h5-7H,1-4H3. The zero-order valence-electron chi connectivity index (χ0n) is 10.3. The van der Waals surface area contributed by atoms with Gasteiger partial charge in [-0.15, -0.1) is 0 Å². The molecule has 1 rings (SSSR count). The number of esters is 1. The zero-order valence-corrected chi connectivity index (χ0v) is 10.3. The van der Waals surface area contributed by atoms with E-state index in [0.29, 0.717) is 0 Å². The Balaban J connectivity index is 3.16. The normalized spacial score (nSPS) is 11.1. The van der Waals surface area contributed by atoms with Crippen LogP contribution in [-0.2, 0) is 4.74 Å². The minimum absolute atomic E-state index is 0.00933. The Labute approximate surface area is 99.5 Å². The van der Waals surface area contributed by atoms with Gasteiger partial charge in [0.05, 0.1) is 4.92 Å². The lowest BCUT2D eigenvalue weighted by Crippen LogP contribution is -2.24. The predicted octanol–water partition coefficient (Wildman–Crippen LogP) is 2.86. The second-order valence-corrected chi connectivity index (χ2v) is 4.78. The molecule has 0 aliphatic heterocycles. The van der Waals surface area contributed by atoms with Crippen LogP contribution in [0.3, 0.4) is 0 Å². The van der Waals surface area contributed by atoms with Crippen LogP contribution < -0.4 is 0 Å². The molecule has 0 atom stereocenters. The summed E-state index contributed by atoms with van der Waals surface area (Å²) in [6, 6.07) is 4.37. The summed E-state index contributed by atoms with van der Waals surface area (Å²) in [5.74, 6) is -0.673. The molecule has 0 radical (unpaired) electrons. The van der Waals surface area contributed by atoms with E-state index in [9.17, 15) is 14.9 Å². The lowest BCUT2D eigenvalue weighted by molar-refractivity contribution is -0.385. The summed E-state index contributed by atoms with van der Waals surface area (Å²) in [7, 11) is 0. The van der Waals surface area contributed by atoms with Crippen molar-refractivity contribution in [3.63, 3.8) is 0 Å². The second-order valence-electron chi connectivity index (χ2n) is 4.78. The van der Waals surface area contributed by atoms with Gasteiger partial charge >= 0.3 is 5.97 Å². The molecule has 5 heteroatoms. The molecule has 0 spiro atoms. The van der Waals surface area contributed by atoms with Crippen LogP contribution in [0.25, 0.3) is 0 Å². The van der Waals surface area contributed by atoms with Gasteiger partial charge < -0.3 is 4.74 Å². The molecule has 5 nitrogen and oxygen atoms in total. The molecule has 0 amide bonds. The number of benzene rings is 1. The Kier molecular flexibility index (Phi) is 3.50. The third-order valence-corrected chi connectivity index (χ3v) is 1.97. The van der Waals surface area contributed by atoms with Crippen LogP contribution in [0.4, 0.5) is 5.69 Å².